The zero-order chi connectivity index (χ0) is 16.0. The first-order chi connectivity index (χ1) is 9.76. The molecule has 0 aliphatic heterocycles. The summed E-state index contributed by atoms with van der Waals surface area (Å²) in [6, 6.07) is -0.729. The minimum Gasteiger partial charge on any atom is -0.461 e. The van der Waals surface area contributed by atoms with Crippen molar-refractivity contribution < 1.29 is 24.2 Å². The fourth-order valence-corrected chi connectivity index (χ4v) is 2.21. The van der Waals surface area contributed by atoms with Crippen molar-refractivity contribution in [1.82, 2.24) is 10.3 Å². The molecule has 1 aromatic rings. The van der Waals surface area contributed by atoms with Gasteiger partial charge in [0.25, 0.3) is 0 Å². The normalized spacial score (nSPS) is 12.6. The monoisotopic (exact) mass is 316 g/mol. The third kappa shape index (κ3) is 5.68. The lowest BCUT2D eigenvalue weighted by atomic mass is 10.2. The lowest BCUT2D eigenvalue weighted by molar-refractivity contribution is 0.0481. The van der Waals surface area contributed by atoms with Gasteiger partial charge in [0.1, 0.15) is 16.7 Å². The van der Waals surface area contributed by atoms with E-state index < -0.39 is 23.7 Å². The Morgan fingerprint density at radius 2 is 2.14 bits per heavy atom. The molecule has 0 unspecified atom stereocenters. The topological polar surface area (TPSA) is 97.8 Å². The fourth-order valence-electron chi connectivity index (χ4n) is 1.38. The minimum atomic E-state index is -0.729. The molecular formula is C13H20N2O5S. The zero-order valence-corrected chi connectivity index (χ0v) is 13.3. The van der Waals surface area contributed by atoms with Crippen LogP contribution in [-0.4, -0.2) is 41.0 Å². The number of alkyl carbamates (subject to hydrolysis) is 1. The molecule has 7 nitrogen and oxygen atoms in total. The van der Waals surface area contributed by atoms with Crippen molar-refractivity contribution in [2.75, 3.05) is 13.2 Å². The number of aliphatic hydroxyl groups is 1. The van der Waals surface area contributed by atoms with Gasteiger partial charge in [-0.15, -0.1) is 11.3 Å². The van der Waals surface area contributed by atoms with E-state index in [1.807, 2.05) is 0 Å². The molecule has 0 aliphatic carbocycles. The molecule has 1 amide bonds. The molecule has 1 aromatic heterocycles. The molecular weight excluding hydrogens is 296 g/mol. The van der Waals surface area contributed by atoms with Gasteiger partial charge >= 0.3 is 12.1 Å². The second kappa shape index (κ2) is 7.37. The van der Waals surface area contributed by atoms with Crippen molar-refractivity contribution >= 4 is 23.4 Å². The average Bonchev–Trinajstić information content (AvgIpc) is 2.83. The Balaban J connectivity index is 2.72. The van der Waals surface area contributed by atoms with Gasteiger partial charge in [-0.3, -0.25) is 0 Å². The number of nitrogens with zero attached hydrogens (tertiary/aromatic N) is 1. The number of thiazole rings is 1. The largest absolute Gasteiger partial charge is 0.461 e. The van der Waals surface area contributed by atoms with Crippen LogP contribution >= 0.6 is 11.3 Å². The van der Waals surface area contributed by atoms with Gasteiger partial charge in [-0.05, 0) is 27.7 Å². The summed E-state index contributed by atoms with van der Waals surface area (Å²) >= 11 is 1.15. The number of aliphatic hydroxyl groups excluding tert-OH is 1. The number of esters is 1. The van der Waals surface area contributed by atoms with Gasteiger partial charge in [0.05, 0.1) is 13.2 Å². The number of amides is 1. The van der Waals surface area contributed by atoms with Crippen LogP contribution in [0.1, 0.15) is 49.2 Å². The van der Waals surface area contributed by atoms with Crippen LogP contribution in [0, 0.1) is 0 Å². The minimum absolute atomic E-state index is 0.154. The molecule has 21 heavy (non-hydrogen) atoms. The van der Waals surface area contributed by atoms with E-state index in [4.69, 9.17) is 9.47 Å². The Morgan fingerprint density at radius 3 is 2.67 bits per heavy atom. The highest BCUT2D eigenvalue weighted by Gasteiger charge is 2.23. The number of aromatic nitrogens is 1. The molecule has 0 saturated heterocycles. The van der Waals surface area contributed by atoms with Crippen LogP contribution in [0.25, 0.3) is 0 Å². The van der Waals surface area contributed by atoms with Gasteiger partial charge in [0, 0.05) is 5.38 Å². The first-order valence-corrected chi connectivity index (χ1v) is 7.37. The van der Waals surface area contributed by atoms with Gasteiger partial charge in [-0.25, -0.2) is 14.6 Å². The van der Waals surface area contributed by atoms with E-state index in [1.54, 1.807) is 27.7 Å². The number of hydrogen-bond donors (Lipinski definition) is 2. The van der Waals surface area contributed by atoms with Crippen molar-refractivity contribution in [3.8, 4) is 0 Å². The molecule has 0 radical (unpaired) electrons. The van der Waals surface area contributed by atoms with Gasteiger partial charge < -0.3 is 19.9 Å². The Kier molecular flexibility index (Phi) is 6.10. The second-order valence-electron chi connectivity index (χ2n) is 5.17. The standard InChI is InChI=1S/C13H20N2O5S/c1-5-19-11(17)9-7-21-10(14-9)8(6-16)15-12(18)20-13(2,3)4/h7-8,16H,5-6H2,1-4H3,(H,15,18)/t8-/m0/s1. The number of ether oxygens (including phenoxy) is 2. The molecule has 0 aromatic carbocycles. The van der Waals surface area contributed by atoms with Crippen LogP contribution in [-0.2, 0) is 9.47 Å². The molecule has 0 saturated carbocycles. The summed E-state index contributed by atoms with van der Waals surface area (Å²) in [6.45, 7) is 6.82. The van der Waals surface area contributed by atoms with Gasteiger partial charge in [-0.2, -0.15) is 0 Å². The predicted octanol–water partition coefficient (Wildman–Crippen LogP) is 1.88. The van der Waals surface area contributed by atoms with E-state index in [9.17, 15) is 14.7 Å². The summed E-state index contributed by atoms with van der Waals surface area (Å²) < 4.78 is 9.94. The molecule has 1 heterocycles. The lowest BCUT2D eigenvalue weighted by Crippen LogP contribution is -2.36. The summed E-state index contributed by atoms with van der Waals surface area (Å²) in [5.41, 5.74) is -0.482. The summed E-state index contributed by atoms with van der Waals surface area (Å²) in [4.78, 5) is 27.3. The quantitative estimate of drug-likeness (QED) is 0.805. The molecule has 0 aliphatic rings. The van der Waals surface area contributed by atoms with Crippen molar-refractivity contribution in [2.24, 2.45) is 0 Å². The van der Waals surface area contributed by atoms with E-state index >= 15 is 0 Å². The van der Waals surface area contributed by atoms with E-state index in [2.05, 4.69) is 10.3 Å². The summed E-state index contributed by atoms with van der Waals surface area (Å²) in [5, 5.41) is 13.8. The van der Waals surface area contributed by atoms with Crippen molar-refractivity contribution in [3.05, 3.63) is 16.1 Å². The summed E-state index contributed by atoms with van der Waals surface area (Å²) in [7, 11) is 0. The van der Waals surface area contributed by atoms with Gasteiger partial charge in [0.15, 0.2) is 5.69 Å². The highest BCUT2D eigenvalue weighted by molar-refractivity contribution is 7.09. The first-order valence-electron chi connectivity index (χ1n) is 6.49. The lowest BCUT2D eigenvalue weighted by Gasteiger charge is -2.21. The molecule has 8 heteroatoms. The van der Waals surface area contributed by atoms with Crippen LogP contribution in [0.5, 0.6) is 0 Å². The van der Waals surface area contributed by atoms with E-state index in [1.165, 1.54) is 5.38 Å². The number of hydrogen-bond acceptors (Lipinski definition) is 7. The third-order valence-electron chi connectivity index (χ3n) is 2.18. The SMILES string of the molecule is CCOC(=O)c1csc([C@H](CO)NC(=O)OC(C)(C)C)n1. The molecule has 0 bridgehead atoms. The van der Waals surface area contributed by atoms with Crippen LogP contribution in [0.4, 0.5) is 4.79 Å². The molecule has 118 valence electrons. The third-order valence-corrected chi connectivity index (χ3v) is 3.14. The van der Waals surface area contributed by atoms with Crippen molar-refractivity contribution in [3.63, 3.8) is 0 Å². The Labute approximate surface area is 127 Å². The summed E-state index contributed by atoms with van der Waals surface area (Å²) in [6.07, 6.45) is -0.658. The van der Waals surface area contributed by atoms with Gasteiger partial charge in [-0.1, -0.05) is 0 Å². The number of rotatable bonds is 5. The Morgan fingerprint density at radius 1 is 1.48 bits per heavy atom. The number of carbonyl (C=O) groups excluding carboxylic acids is 2. The van der Waals surface area contributed by atoms with Gasteiger partial charge in [0.2, 0.25) is 0 Å². The summed E-state index contributed by atoms with van der Waals surface area (Å²) in [5.74, 6) is -0.533. The van der Waals surface area contributed by atoms with Crippen molar-refractivity contribution in [1.29, 1.82) is 0 Å². The van der Waals surface area contributed by atoms with Crippen LogP contribution < -0.4 is 5.32 Å². The van der Waals surface area contributed by atoms with Crippen LogP contribution in [0.15, 0.2) is 5.38 Å². The Hall–Kier alpha value is -1.67. The highest BCUT2D eigenvalue weighted by Crippen LogP contribution is 2.19. The van der Waals surface area contributed by atoms with E-state index in [0.29, 0.717) is 5.01 Å². The second-order valence-corrected chi connectivity index (χ2v) is 6.06. The molecule has 1 atom stereocenters. The maximum absolute atomic E-state index is 11.7. The zero-order valence-electron chi connectivity index (χ0n) is 12.5. The van der Waals surface area contributed by atoms with Crippen molar-refractivity contribution in [2.45, 2.75) is 39.3 Å². The predicted molar refractivity (Wildman–Crippen MR) is 77.3 cm³/mol. The first kappa shape index (κ1) is 17.4. The van der Waals surface area contributed by atoms with E-state index in [-0.39, 0.29) is 18.9 Å². The fraction of sp³-hybridized carbons (Fsp3) is 0.615. The highest BCUT2D eigenvalue weighted by atomic mass is 32.1. The molecule has 2 N–H and O–H groups in total. The van der Waals surface area contributed by atoms with Crippen LogP contribution in [0.3, 0.4) is 0 Å². The number of carbonyl (C=O) groups is 2. The maximum Gasteiger partial charge on any atom is 0.408 e. The number of nitrogens with one attached hydrogen (secondary N) is 1. The molecule has 1 rings (SSSR count). The maximum atomic E-state index is 11.7. The Bertz CT molecular complexity index is 495. The molecule has 0 fully saturated rings. The molecule has 0 spiro atoms. The smallest absolute Gasteiger partial charge is 0.408 e. The average molecular weight is 316 g/mol. The van der Waals surface area contributed by atoms with Crippen LogP contribution in [0.2, 0.25) is 0 Å². The van der Waals surface area contributed by atoms with E-state index in [0.717, 1.165) is 11.3 Å².